The summed E-state index contributed by atoms with van der Waals surface area (Å²) in [4.78, 5) is 24.6. The molecule has 1 aliphatic rings. The molecular weight excluding hydrogens is 370 g/mol. The monoisotopic (exact) mass is 389 g/mol. The van der Waals surface area contributed by atoms with E-state index >= 15 is 0 Å². The van der Waals surface area contributed by atoms with Crippen molar-refractivity contribution in [3.63, 3.8) is 0 Å². The zero-order valence-corrected chi connectivity index (χ0v) is 16.0. The maximum Gasteiger partial charge on any atom is 0.254 e. The van der Waals surface area contributed by atoms with E-state index in [1.54, 1.807) is 12.4 Å². The molecule has 4 heterocycles. The van der Waals surface area contributed by atoms with E-state index in [0.717, 1.165) is 22.1 Å². The number of aromatic amines is 1. The standard InChI is InChI=1S/C21H19N5O3/c1-3-18-25-19(26-29-18)12-4-5-13-16(10-28-17(13)7-12)24-21(27)15-9-23-20-14(15)6-11(2)8-22-20/h4-9,16H,3,10H2,1-2H3,(H,22,23)(H,24,27)/t16-/m1/s1. The number of rotatable bonds is 4. The fourth-order valence-electron chi connectivity index (χ4n) is 3.52. The number of aromatic nitrogens is 4. The van der Waals surface area contributed by atoms with Crippen LogP contribution < -0.4 is 10.1 Å². The van der Waals surface area contributed by atoms with Crippen molar-refractivity contribution in [3.05, 3.63) is 59.2 Å². The Labute approximate surface area is 166 Å². The third-order valence-electron chi connectivity index (χ3n) is 5.04. The molecule has 146 valence electrons. The van der Waals surface area contributed by atoms with Crippen LogP contribution in [-0.4, -0.2) is 32.6 Å². The van der Waals surface area contributed by atoms with Gasteiger partial charge in [-0.15, -0.1) is 0 Å². The van der Waals surface area contributed by atoms with Crippen molar-refractivity contribution in [1.82, 2.24) is 25.4 Å². The number of aryl methyl sites for hydroxylation is 2. The van der Waals surface area contributed by atoms with Gasteiger partial charge in [-0.25, -0.2) is 4.98 Å². The van der Waals surface area contributed by atoms with Gasteiger partial charge in [-0.1, -0.05) is 24.2 Å². The van der Waals surface area contributed by atoms with Gasteiger partial charge in [0.05, 0.1) is 11.6 Å². The second-order valence-electron chi connectivity index (χ2n) is 7.07. The number of benzene rings is 1. The normalized spacial score (nSPS) is 15.3. The molecule has 1 aliphatic heterocycles. The average Bonchev–Trinajstić information content (AvgIpc) is 3.45. The predicted molar refractivity (Wildman–Crippen MR) is 106 cm³/mol. The number of hydrogen-bond acceptors (Lipinski definition) is 6. The molecule has 29 heavy (non-hydrogen) atoms. The van der Waals surface area contributed by atoms with Crippen LogP contribution in [0, 0.1) is 6.92 Å². The Hall–Kier alpha value is -3.68. The summed E-state index contributed by atoms with van der Waals surface area (Å²) in [6, 6.07) is 7.45. The molecule has 0 saturated carbocycles. The van der Waals surface area contributed by atoms with Crippen LogP contribution in [0.2, 0.25) is 0 Å². The smallest absolute Gasteiger partial charge is 0.254 e. The predicted octanol–water partition coefficient (Wildman–Crippen LogP) is 3.35. The molecule has 0 fully saturated rings. The van der Waals surface area contributed by atoms with Crippen molar-refractivity contribution >= 4 is 16.9 Å². The zero-order valence-electron chi connectivity index (χ0n) is 16.0. The van der Waals surface area contributed by atoms with Crippen LogP contribution in [0.3, 0.4) is 0 Å². The molecule has 0 spiro atoms. The zero-order chi connectivity index (χ0) is 20.0. The lowest BCUT2D eigenvalue weighted by Gasteiger charge is -2.11. The highest BCUT2D eigenvalue weighted by molar-refractivity contribution is 6.06. The van der Waals surface area contributed by atoms with Crippen molar-refractivity contribution < 1.29 is 14.1 Å². The molecule has 5 rings (SSSR count). The highest BCUT2D eigenvalue weighted by Gasteiger charge is 2.27. The van der Waals surface area contributed by atoms with E-state index in [-0.39, 0.29) is 11.9 Å². The first-order valence-electron chi connectivity index (χ1n) is 9.46. The maximum absolute atomic E-state index is 12.9. The van der Waals surface area contributed by atoms with Gasteiger partial charge < -0.3 is 19.6 Å². The van der Waals surface area contributed by atoms with Crippen LogP contribution in [0.5, 0.6) is 5.75 Å². The fraction of sp³-hybridized carbons (Fsp3) is 0.238. The highest BCUT2D eigenvalue weighted by Crippen LogP contribution is 2.35. The van der Waals surface area contributed by atoms with Crippen molar-refractivity contribution in [2.45, 2.75) is 26.3 Å². The number of H-pyrrole nitrogens is 1. The summed E-state index contributed by atoms with van der Waals surface area (Å²) in [5.74, 6) is 1.67. The summed E-state index contributed by atoms with van der Waals surface area (Å²) in [6.07, 6.45) is 4.14. The minimum absolute atomic E-state index is 0.167. The lowest BCUT2D eigenvalue weighted by molar-refractivity contribution is 0.0932. The van der Waals surface area contributed by atoms with Crippen molar-refractivity contribution in [2.24, 2.45) is 0 Å². The molecule has 0 bridgehead atoms. The Morgan fingerprint density at radius 2 is 2.24 bits per heavy atom. The Kier molecular flexibility index (Phi) is 4.04. The van der Waals surface area contributed by atoms with Gasteiger partial charge in [0.1, 0.15) is 18.0 Å². The summed E-state index contributed by atoms with van der Waals surface area (Å²) in [7, 11) is 0. The van der Waals surface area contributed by atoms with E-state index in [1.807, 2.05) is 38.1 Å². The molecule has 2 N–H and O–H groups in total. The second kappa shape index (κ2) is 6.73. The van der Waals surface area contributed by atoms with Crippen LogP contribution in [-0.2, 0) is 6.42 Å². The molecule has 4 aromatic rings. The molecule has 0 radical (unpaired) electrons. The Balaban J connectivity index is 1.39. The highest BCUT2D eigenvalue weighted by atomic mass is 16.5. The number of carbonyl (C=O) groups excluding carboxylic acids is 1. The molecule has 0 unspecified atom stereocenters. The van der Waals surface area contributed by atoms with Gasteiger partial charge in [0.2, 0.25) is 11.7 Å². The minimum Gasteiger partial charge on any atom is -0.491 e. The summed E-state index contributed by atoms with van der Waals surface area (Å²) in [6.45, 7) is 4.28. The van der Waals surface area contributed by atoms with Gasteiger partial charge in [0.15, 0.2) is 0 Å². The number of amides is 1. The summed E-state index contributed by atoms with van der Waals surface area (Å²) in [5.41, 5.74) is 4.01. The minimum atomic E-state index is -0.231. The molecular formula is C21H19N5O3. The van der Waals surface area contributed by atoms with Crippen molar-refractivity contribution in [1.29, 1.82) is 0 Å². The first-order chi connectivity index (χ1) is 14.1. The van der Waals surface area contributed by atoms with E-state index in [2.05, 4.69) is 25.4 Å². The van der Waals surface area contributed by atoms with E-state index in [0.29, 0.717) is 41.7 Å². The van der Waals surface area contributed by atoms with Gasteiger partial charge in [-0.3, -0.25) is 4.79 Å². The Morgan fingerprint density at radius 1 is 1.34 bits per heavy atom. The van der Waals surface area contributed by atoms with Crippen LogP contribution in [0.4, 0.5) is 0 Å². The van der Waals surface area contributed by atoms with Crippen molar-refractivity contribution in [3.8, 4) is 17.1 Å². The Morgan fingerprint density at radius 3 is 3.07 bits per heavy atom. The molecule has 1 amide bonds. The lowest BCUT2D eigenvalue weighted by Crippen LogP contribution is -2.29. The molecule has 3 aromatic heterocycles. The number of fused-ring (bicyclic) bond motifs is 2. The average molecular weight is 389 g/mol. The first kappa shape index (κ1) is 17.4. The van der Waals surface area contributed by atoms with Crippen LogP contribution in [0.25, 0.3) is 22.4 Å². The fourth-order valence-corrected chi connectivity index (χ4v) is 3.52. The number of nitrogens with zero attached hydrogens (tertiary/aromatic N) is 3. The second-order valence-corrected chi connectivity index (χ2v) is 7.07. The van der Waals surface area contributed by atoms with Crippen LogP contribution in [0.1, 0.15) is 40.3 Å². The third kappa shape index (κ3) is 3.02. The quantitative estimate of drug-likeness (QED) is 0.554. The molecule has 1 atom stereocenters. The van der Waals surface area contributed by atoms with Gasteiger partial charge in [-0.2, -0.15) is 4.98 Å². The van der Waals surface area contributed by atoms with E-state index < -0.39 is 0 Å². The van der Waals surface area contributed by atoms with E-state index in [4.69, 9.17) is 9.26 Å². The molecule has 8 heteroatoms. The van der Waals surface area contributed by atoms with E-state index in [9.17, 15) is 4.79 Å². The number of ether oxygens (including phenoxy) is 1. The van der Waals surface area contributed by atoms with Gasteiger partial charge in [0.25, 0.3) is 5.91 Å². The van der Waals surface area contributed by atoms with E-state index in [1.165, 1.54) is 0 Å². The summed E-state index contributed by atoms with van der Waals surface area (Å²) >= 11 is 0. The number of pyridine rings is 1. The lowest BCUT2D eigenvalue weighted by atomic mass is 10.0. The number of hydrogen-bond donors (Lipinski definition) is 2. The van der Waals surface area contributed by atoms with Gasteiger partial charge in [0, 0.05) is 35.3 Å². The SMILES string of the molecule is CCc1nc(-c2ccc3c(c2)OC[C@H]3NC(=O)c2c[nH]c3ncc(C)cc23)no1. The summed E-state index contributed by atoms with van der Waals surface area (Å²) in [5, 5.41) is 7.87. The van der Waals surface area contributed by atoms with Gasteiger partial charge >= 0.3 is 0 Å². The number of nitrogens with one attached hydrogen (secondary N) is 2. The van der Waals surface area contributed by atoms with Crippen LogP contribution in [0.15, 0.2) is 41.2 Å². The third-order valence-corrected chi connectivity index (χ3v) is 5.04. The molecule has 0 aliphatic carbocycles. The number of carbonyl (C=O) groups is 1. The molecule has 8 nitrogen and oxygen atoms in total. The molecule has 0 saturated heterocycles. The summed E-state index contributed by atoms with van der Waals surface area (Å²) < 4.78 is 11.0. The molecule has 1 aromatic carbocycles. The topological polar surface area (TPSA) is 106 Å². The Bertz CT molecular complexity index is 1230. The first-order valence-corrected chi connectivity index (χ1v) is 9.46. The maximum atomic E-state index is 12.9. The van der Waals surface area contributed by atoms with Crippen LogP contribution >= 0.6 is 0 Å². The van der Waals surface area contributed by atoms with Gasteiger partial charge in [-0.05, 0) is 24.6 Å². The largest absolute Gasteiger partial charge is 0.491 e. The van der Waals surface area contributed by atoms with Crippen molar-refractivity contribution in [2.75, 3.05) is 6.61 Å².